The minimum atomic E-state index is -1.14. The Bertz CT molecular complexity index is 656. The largest absolute Gasteiger partial charge is 0.466 e. The van der Waals surface area contributed by atoms with Crippen molar-refractivity contribution in [3.05, 3.63) is 35.4 Å². The molecule has 150 valence electrons. The summed E-state index contributed by atoms with van der Waals surface area (Å²) < 4.78 is 10.3. The van der Waals surface area contributed by atoms with E-state index < -0.39 is 11.5 Å². The highest BCUT2D eigenvalue weighted by Gasteiger charge is 2.35. The molecule has 0 amide bonds. The first-order valence-electron chi connectivity index (χ1n) is 9.50. The molecule has 0 aliphatic carbocycles. The number of esters is 2. The molecule has 1 aromatic rings. The van der Waals surface area contributed by atoms with Gasteiger partial charge in [-0.3, -0.25) is 9.79 Å². The second-order valence-electron chi connectivity index (χ2n) is 8.16. The first-order chi connectivity index (χ1) is 12.5. The third-order valence-electron chi connectivity index (χ3n) is 4.18. The summed E-state index contributed by atoms with van der Waals surface area (Å²) >= 11 is 0. The Morgan fingerprint density at radius 2 is 1.70 bits per heavy atom. The van der Waals surface area contributed by atoms with E-state index in [4.69, 9.17) is 9.47 Å². The van der Waals surface area contributed by atoms with Crippen molar-refractivity contribution in [2.45, 2.75) is 78.4 Å². The van der Waals surface area contributed by atoms with E-state index in [1.54, 1.807) is 33.9 Å². The lowest BCUT2D eigenvalue weighted by atomic mass is 9.87. The zero-order chi connectivity index (χ0) is 20.7. The van der Waals surface area contributed by atoms with E-state index in [0.29, 0.717) is 6.61 Å². The molecule has 1 unspecified atom stereocenters. The van der Waals surface area contributed by atoms with Crippen LogP contribution >= 0.6 is 0 Å². The van der Waals surface area contributed by atoms with Crippen molar-refractivity contribution < 1.29 is 19.1 Å². The monoisotopic (exact) mass is 375 g/mol. The van der Waals surface area contributed by atoms with Crippen LogP contribution in [0.25, 0.3) is 0 Å². The van der Waals surface area contributed by atoms with Crippen LogP contribution in [0.5, 0.6) is 0 Å². The van der Waals surface area contributed by atoms with Crippen LogP contribution in [0.1, 0.15) is 72.4 Å². The van der Waals surface area contributed by atoms with E-state index in [9.17, 15) is 9.59 Å². The van der Waals surface area contributed by atoms with Gasteiger partial charge in [0.05, 0.1) is 12.7 Å². The standard InChI is InChI=1S/C22H33NO4/c1-8-26-19(24)13-14-22(7,20(25)27-16(2)3)23-15-17-9-11-18(12-10-17)21(4,5)6/h9-12,15-16H,8,13-14H2,1-7H3. The van der Waals surface area contributed by atoms with E-state index in [-0.39, 0.29) is 30.3 Å². The fourth-order valence-corrected chi connectivity index (χ4v) is 2.43. The Hall–Kier alpha value is -2.17. The fraction of sp³-hybridized carbons (Fsp3) is 0.591. The summed E-state index contributed by atoms with van der Waals surface area (Å²) in [6, 6.07) is 8.07. The molecule has 1 rings (SSSR count). The molecule has 1 atom stereocenters. The molecule has 0 bridgehead atoms. The number of carbonyl (C=O) groups excluding carboxylic acids is 2. The fourth-order valence-electron chi connectivity index (χ4n) is 2.43. The van der Waals surface area contributed by atoms with Crippen molar-refractivity contribution in [1.82, 2.24) is 0 Å². The molecular weight excluding hydrogens is 342 g/mol. The Morgan fingerprint density at radius 1 is 1.11 bits per heavy atom. The first kappa shape index (κ1) is 22.9. The van der Waals surface area contributed by atoms with Gasteiger partial charge in [-0.05, 0) is 50.7 Å². The molecule has 0 heterocycles. The molecule has 5 nitrogen and oxygen atoms in total. The third-order valence-corrected chi connectivity index (χ3v) is 4.18. The van der Waals surface area contributed by atoms with Crippen molar-refractivity contribution in [1.29, 1.82) is 0 Å². The number of rotatable bonds is 8. The van der Waals surface area contributed by atoms with Crippen LogP contribution in [-0.2, 0) is 24.5 Å². The van der Waals surface area contributed by atoms with Gasteiger partial charge in [0.15, 0.2) is 5.54 Å². The zero-order valence-corrected chi connectivity index (χ0v) is 17.7. The quantitative estimate of drug-likeness (QED) is 0.497. The first-order valence-corrected chi connectivity index (χ1v) is 9.50. The highest BCUT2D eigenvalue weighted by atomic mass is 16.5. The number of hydrogen-bond donors (Lipinski definition) is 0. The average molecular weight is 376 g/mol. The van der Waals surface area contributed by atoms with Gasteiger partial charge in [0.2, 0.25) is 0 Å². The van der Waals surface area contributed by atoms with Gasteiger partial charge in [0.25, 0.3) is 0 Å². The van der Waals surface area contributed by atoms with Crippen LogP contribution in [0.2, 0.25) is 0 Å². The SMILES string of the molecule is CCOC(=O)CCC(C)(N=Cc1ccc(C(C)(C)C)cc1)C(=O)OC(C)C. The number of ether oxygens (including phenoxy) is 2. The normalized spacial score (nSPS) is 14.2. The van der Waals surface area contributed by atoms with Crippen LogP contribution in [-0.4, -0.2) is 36.4 Å². The van der Waals surface area contributed by atoms with Gasteiger partial charge in [0, 0.05) is 12.6 Å². The summed E-state index contributed by atoms with van der Waals surface area (Å²) in [4.78, 5) is 28.8. The van der Waals surface area contributed by atoms with E-state index in [2.05, 4.69) is 37.9 Å². The van der Waals surface area contributed by atoms with Gasteiger partial charge in [-0.1, -0.05) is 45.0 Å². The van der Waals surface area contributed by atoms with Crippen molar-refractivity contribution in [2.24, 2.45) is 4.99 Å². The lowest BCUT2D eigenvalue weighted by Gasteiger charge is -2.24. The number of nitrogens with zero attached hydrogens (tertiary/aromatic N) is 1. The number of benzene rings is 1. The van der Waals surface area contributed by atoms with Gasteiger partial charge in [0.1, 0.15) is 0 Å². The number of hydrogen-bond acceptors (Lipinski definition) is 5. The van der Waals surface area contributed by atoms with Gasteiger partial charge in [-0.2, -0.15) is 0 Å². The molecule has 27 heavy (non-hydrogen) atoms. The van der Waals surface area contributed by atoms with Gasteiger partial charge in [-0.25, -0.2) is 4.79 Å². The predicted octanol–water partition coefficient (Wildman–Crippen LogP) is 4.46. The highest BCUT2D eigenvalue weighted by molar-refractivity contribution is 5.87. The maximum atomic E-state index is 12.6. The van der Waals surface area contributed by atoms with E-state index in [1.807, 2.05) is 12.1 Å². The Morgan fingerprint density at radius 3 is 2.19 bits per heavy atom. The lowest BCUT2D eigenvalue weighted by molar-refractivity contribution is -0.154. The van der Waals surface area contributed by atoms with Crippen molar-refractivity contribution in [3.63, 3.8) is 0 Å². The molecule has 0 radical (unpaired) electrons. The zero-order valence-electron chi connectivity index (χ0n) is 17.7. The van der Waals surface area contributed by atoms with Crippen LogP contribution < -0.4 is 0 Å². The summed E-state index contributed by atoms with van der Waals surface area (Å²) in [6.45, 7) is 13.8. The molecule has 5 heteroatoms. The summed E-state index contributed by atoms with van der Waals surface area (Å²) in [5.74, 6) is -0.782. The molecule has 0 aliphatic heterocycles. The minimum absolute atomic E-state index is 0.0743. The summed E-state index contributed by atoms with van der Waals surface area (Å²) in [5.41, 5.74) is 1.05. The van der Waals surface area contributed by atoms with Crippen LogP contribution in [0, 0.1) is 0 Å². The second kappa shape index (κ2) is 9.67. The topological polar surface area (TPSA) is 65.0 Å². The average Bonchev–Trinajstić information content (AvgIpc) is 2.57. The minimum Gasteiger partial charge on any atom is -0.466 e. The molecule has 0 N–H and O–H groups in total. The molecule has 1 aromatic carbocycles. The van der Waals surface area contributed by atoms with E-state index in [0.717, 1.165) is 5.56 Å². The number of carbonyl (C=O) groups is 2. The van der Waals surface area contributed by atoms with Crippen LogP contribution in [0.4, 0.5) is 0 Å². The predicted molar refractivity (Wildman–Crippen MR) is 108 cm³/mol. The Labute approximate surface area is 163 Å². The maximum absolute atomic E-state index is 12.6. The van der Waals surface area contributed by atoms with Gasteiger partial charge < -0.3 is 9.47 Å². The summed E-state index contributed by atoms with van der Waals surface area (Å²) in [7, 11) is 0. The second-order valence-corrected chi connectivity index (χ2v) is 8.16. The highest BCUT2D eigenvalue weighted by Crippen LogP contribution is 2.23. The molecular formula is C22H33NO4. The molecule has 0 aliphatic rings. The van der Waals surface area contributed by atoms with Crippen molar-refractivity contribution in [3.8, 4) is 0 Å². The molecule has 0 aromatic heterocycles. The van der Waals surface area contributed by atoms with E-state index >= 15 is 0 Å². The molecule has 0 saturated carbocycles. The molecule has 0 spiro atoms. The van der Waals surface area contributed by atoms with Crippen LogP contribution in [0.3, 0.4) is 0 Å². The van der Waals surface area contributed by atoms with Crippen molar-refractivity contribution in [2.75, 3.05) is 6.61 Å². The Balaban J connectivity index is 2.99. The molecule has 0 saturated heterocycles. The lowest BCUT2D eigenvalue weighted by Crippen LogP contribution is -2.37. The van der Waals surface area contributed by atoms with Crippen LogP contribution in [0.15, 0.2) is 29.3 Å². The van der Waals surface area contributed by atoms with E-state index in [1.165, 1.54) is 5.56 Å². The number of aliphatic imine (C=N–C) groups is 1. The maximum Gasteiger partial charge on any atom is 0.333 e. The molecule has 0 fully saturated rings. The van der Waals surface area contributed by atoms with Gasteiger partial charge in [-0.15, -0.1) is 0 Å². The summed E-state index contributed by atoms with van der Waals surface area (Å²) in [5, 5.41) is 0. The smallest absolute Gasteiger partial charge is 0.333 e. The Kier molecular flexibility index (Phi) is 8.20. The summed E-state index contributed by atoms with van der Waals surface area (Å²) in [6.07, 6.45) is 1.76. The third kappa shape index (κ3) is 7.53. The van der Waals surface area contributed by atoms with Crippen molar-refractivity contribution >= 4 is 18.2 Å². The van der Waals surface area contributed by atoms with Gasteiger partial charge >= 0.3 is 11.9 Å².